The third kappa shape index (κ3) is 2.83. The smallest absolute Gasteiger partial charge is 0.255 e. The Morgan fingerprint density at radius 2 is 1.90 bits per heavy atom. The predicted octanol–water partition coefficient (Wildman–Crippen LogP) is 3.16. The SMILES string of the molecule is CN(C(=O)c1cccc(F)c1)C(C#N)c1ccccc1. The van der Waals surface area contributed by atoms with Crippen LogP contribution in [-0.4, -0.2) is 17.9 Å². The number of carbonyl (C=O) groups is 1. The predicted molar refractivity (Wildman–Crippen MR) is 73.3 cm³/mol. The highest BCUT2D eigenvalue weighted by Crippen LogP contribution is 2.20. The van der Waals surface area contributed by atoms with E-state index in [-0.39, 0.29) is 11.5 Å². The summed E-state index contributed by atoms with van der Waals surface area (Å²) in [4.78, 5) is 13.6. The number of hydrogen-bond donors (Lipinski definition) is 0. The molecule has 4 heteroatoms. The van der Waals surface area contributed by atoms with Crippen LogP contribution in [0.15, 0.2) is 54.6 Å². The van der Waals surface area contributed by atoms with Gasteiger partial charge < -0.3 is 4.90 Å². The molecule has 1 atom stereocenters. The molecule has 0 N–H and O–H groups in total. The lowest BCUT2D eigenvalue weighted by atomic mass is 10.1. The van der Waals surface area contributed by atoms with Crippen LogP contribution in [0.5, 0.6) is 0 Å². The van der Waals surface area contributed by atoms with Crippen molar-refractivity contribution in [2.75, 3.05) is 7.05 Å². The number of halogens is 1. The Bertz CT molecular complexity index is 649. The molecule has 0 aromatic heterocycles. The van der Waals surface area contributed by atoms with Crippen molar-refractivity contribution in [3.63, 3.8) is 0 Å². The highest BCUT2D eigenvalue weighted by Gasteiger charge is 2.22. The van der Waals surface area contributed by atoms with Gasteiger partial charge in [-0.3, -0.25) is 4.79 Å². The maximum atomic E-state index is 13.2. The van der Waals surface area contributed by atoms with Crippen molar-refractivity contribution >= 4 is 5.91 Å². The van der Waals surface area contributed by atoms with Crippen LogP contribution in [0, 0.1) is 17.1 Å². The van der Waals surface area contributed by atoms with Gasteiger partial charge in [0.25, 0.3) is 5.91 Å². The summed E-state index contributed by atoms with van der Waals surface area (Å²) >= 11 is 0. The van der Waals surface area contributed by atoms with Crippen LogP contribution in [-0.2, 0) is 0 Å². The van der Waals surface area contributed by atoms with E-state index in [4.69, 9.17) is 0 Å². The molecular formula is C16H13FN2O. The minimum Gasteiger partial charge on any atom is -0.322 e. The lowest BCUT2D eigenvalue weighted by Crippen LogP contribution is -2.30. The van der Waals surface area contributed by atoms with Gasteiger partial charge >= 0.3 is 0 Å². The van der Waals surface area contributed by atoms with Gasteiger partial charge in [-0.1, -0.05) is 36.4 Å². The minimum atomic E-state index is -0.702. The summed E-state index contributed by atoms with van der Waals surface area (Å²) in [5.41, 5.74) is 0.950. The lowest BCUT2D eigenvalue weighted by molar-refractivity contribution is 0.0763. The van der Waals surface area contributed by atoms with E-state index in [1.54, 1.807) is 24.3 Å². The topological polar surface area (TPSA) is 44.1 Å². The number of hydrogen-bond acceptors (Lipinski definition) is 2. The average molecular weight is 268 g/mol. The second-order valence-electron chi connectivity index (χ2n) is 4.37. The van der Waals surface area contributed by atoms with E-state index < -0.39 is 11.9 Å². The van der Waals surface area contributed by atoms with Crippen LogP contribution in [0.25, 0.3) is 0 Å². The third-order valence-electron chi connectivity index (χ3n) is 3.02. The largest absolute Gasteiger partial charge is 0.322 e. The Balaban J connectivity index is 2.28. The van der Waals surface area contributed by atoms with Crippen molar-refractivity contribution in [1.82, 2.24) is 4.90 Å². The zero-order valence-corrected chi connectivity index (χ0v) is 11.0. The van der Waals surface area contributed by atoms with E-state index in [1.807, 2.05) is 6.07 Å². The molecule has 20 heavy (non-hydrogen) atoms. The van der Waals surface area contributed by atoms with Crippen molar-refractivity contribution in [1.29, 1.82) is 5.26 Å². The summed E-state index contributed by atoms with van der Waals surface area (Å²) < 4.78 is 13.2. The van der Waals surface area contributed by atoms with Gasteiger partial charge in [0.05, 0.1) is 6.07 Å². The first-order valence-electron chi connectivity index (χ1n) is 6.11. The van der Waals surface area contributed by atoms with Gasteiger partial charge in [-0.2, -0.15) is 5.26 Å². The Morgan fingerprint density at radius 3 is 2.50 bits per heavy atom. The molecular weight excluding hydrogens is 255 g/mol. The van der Waals surface area contributed by atoms with Gasteiger partial charge in [-0.25, -0.2) is 4.39 Å². The molecule has 2 rings (SSSR count). The Kier molecular flexibility index (Phi) is 4.11. The zero-order valence-electron chi connectivity index (χ0n) is 11.0. The van der Waals surface area contributed by atoms with E-state index in [0.717, 1.165) is 11.6 Å². The van der Waals surface area contributed by atoms with Crippen molar-refractivity contribution in [3.05, 3.63) is 71.5 Å². The van der Waals surface area contributed by atoms with E-state index >= 15 is 0 Å². The number of carbonyl (C=O) groups excluding carboxylic acids is 1. The molecule has 100 valence electrons. The summed E-state index contributed by atoms with van der Waals surface area (Å²) in [5.74, 6) is -0.864. The van der Waals surface area contributed by atoms with Crippen LogP contribution in [0.4, 0.5) is 4.39 Å². The lowest BCUT2D eigenvalue weighted by Gasteiger charge is -2.23. The van der Waals surface area contributed by atoms with Gasteiger partial charge in [0, 0.05) is 12.6 Å². The van der Waals surface area contributed by atoms with Crippen molar-refractivity contribution in [2.24, 2.45) is 0 Å². The summed E-state index contributed by atoms with van der Waals surface area (Å²) in [6, 6.07) is 15.8. The maximum absolute atomic E-state index is 13.2. The number of nitriles is 1. The molecule has 2 aromatic rings. The average Bonchev–Trinajstić information content (AvgIpc) is 2.48. The van der Waals surface area contributed by atoms with Gasteiger partial charge in [0.2, 0.25) is 0 Å². The fraction of sp³-hybridized carbons (Fsp3) is 0.125. The molecule has 0 radical (unpaired) electrons. The summed E-state index contributed by atoms with van der Waals surface area (Å²) in [7, 11) is 1.54. The van der Waals surface area contributed by atoms with Gasteiger partial charge in [0.1, 0.15) is 11.9 Å². The molecule has 0 aliphatic carbocycles. The van der Waals surface area contributed by atoms with E-state index in [1.165, 1.54) is 30.1 Å². The molecule has 3 nitrogen and oxygen atoms in total. The summed E-state index contributed by atoms with van der Waals surface area (Å²) in [6.45, 7) is 0. The van der Waals surface area contributed by atoms with Gasteiger partial charge in [-0.15, -0.1) is 0 Å². The summed E-state index contributed by atoms with van der Waals surface area (Å²) in [6.07, 6.45) is 0. The van der Waals surface area contributed by atoms with Crippen molar-refractivity contribution in [2.45, 2.75) is 6.04 Å². The van der Waals surface area contributed by atoms with E-state index in [2.05, 4.69) is 6.07 Å². The molecule has 0 fully saturated rings. The molecule has 2 aromatic carbocycles. The maximum Gasteiger partial charge on any atom is 0.255 e. The highest BCUT2D eigenvalue weighted by atomic mass is 19.1. The zero-order chi connectivity index (χ0) is 14.5. The van der Waals surface area contributed by atoms with Crippen LogP contribution in [0.2, 0.25) is 0 Å². The van der Waals surface area contributed by atoms with Crippen LogP contribution in [0.1, 0.15) is 22.0 Å². The molecule has 0 saturated carbocycles. The monoisotopic (exact) mass is 268 g/mol. The second kappa shape index (κ2) is 5.98. The molecule has 0 aliphatic heterocycles. The Morgan fingerprint density at radius 1 is 1.20 bits per heavy atom. The first kappa shape index (κ1) is 13.8. The molecule has 0 heterocycles. The highest BCUT2D eigenvalue weighted by molar-refractivity contribution is 5.94. The first-order valence-corrected chi connectivity index (χ1v) is 6.11. The molecule has 0 spiro atoms. The molecule has 0 bridgehead atoms. The molecule has 1 unspecified atom stereocenters. The fourth-order valence-corrected chi connectivity index (χ4v) is 1.96. The fourth-order valence-electron chi connectivity index (χ4n) is 1.96. The second-order valence-corrected chi connectivity index (χ2v) is 4.37. The molecule has 1 amide bonds. The number of nitrogens with zero attached hydrogens (tertiary/aromatic N) is 2. The van der Waals surface area contributed by atoms with Gasteiger partial charge in [-0.05, 0) is 23.8 Å². The van der Waals surface area contributed by atoms with Crippen LogP contribution >= 0.6 is 0 Å². The van der Waals surface area contributed by atoms with Crippen molar-refractivity contribution in [3.8, 4) is 6.07 Å². The van der Waals surface area contributed by atoms with E-state index in [0.29, 0.717) is 0 Å². The van der Waals surface area contributed by atoms with Gasteiger partial charge in [0.15, 0.2) is 0 Å². The van der Waals surface area contributed by atoms with E-state index in [9.17, 15) is 14.4 Å². The molecule has 0 aliphatic rings. The third-order valence-corrected chi connectivity index (χ3v) is 3.02. The standard InChI is InChI=1S/C16H13FN2O/c1-19(15(11-18)12-6-3-2-4-7-12)16(20)13-8-5-9-14(17)10-13/h2-10,15H,1H3. The number of rotatable bonds is 3. The van der Waals surface area contributed by atoms with Crippen LogP contribution in [0.3, 0.4) is 0 Å². The Labute approximate surface area is 116 Å². The normalized spacial score (nSPS) is 11.4. The first-order chi connectivity index (χ1) is 9.63. The molecule has 0 saturated heterocycles. The number of amides is 1. The van der Waals surface area contributed by atoms with Crippen LogP contribution < -0.4 is 0 Å². The summed E-state index contributed by atoms with van der Waals surface area (Å²) in [5, 5.41) is 9.28. The Hall–Kier alpha value is -2.67. The number of benzene rings is 2. The van der Waals surface area contributed by atoms with Crippen molar-refractivity contribution < 1.29 is 9.18 Å². The minimum absolute atomic E-state index is 0.226. The quantitative estimate of drug-likeness (QED) is 0.858.